The number of amides is 2. The number of likely N-dealkylation sites (tertiary alicyclic amines) is 2. The molecule has 1 aromatic heterocycles. The van der Waals surface area contributed by atoms with E-state index in [1.54, 1.807) is 20.2 Å². The van der Waals surface area contributed by atoms with Crippen LogP contribution < -0.4 is 10.1 Å². The average Bonchev–Trinajstić information content (AvgIpc) is 3.18. The van der Waals surface area contributed by atoms with E-state index < -0.39 is 6.09 Å². The second-order valence-electron chi connectivity index (χ2n) is 9.44. The number of ether oxygens (including phenoxy) is 2. The van der Waals surface area contributed by atoms with Crippen molar-refractivity contribution in [2.75, 3.05) is 39.9 Å². The molecule has 2 saturated heterocycles. The number of methoxy groups -OCH3 is 1. The van der Waals surface area contributed by atoms with Crippen LogP contribution in [-0.2, 0) is 16.1 Å². The van der Waals surface area contributed by atoms with E-state index in [-0.39, 0.29) is 11.5 Å². The molecule has 1 atom stereocenters. The maximum absolute atomic E-state index is 13.3. The van der Waals surface area contributed by atoms with Crippen molar-refractivity contribution in [2.24, 2.45) is 5.41 Å². The van der Waals surface area contributed by atoms with Crippen molar-refractivity contribution < 1.29 is 19.1 Å². The molecule has 188 valence electrons. The highest BCUT2D eigenvalue weighted by molar-refractivity contribution is 5.85. The topological polar surface area (TPSA) is 84.0 Å². The molecule has 8 heteroatoms. The van der Waals surface area contributed by atoms with Crippen LogP contribution in [0.1, 0.15) is 49.8 Å². The van der Waals surface area contributed by atoms with Gasteiger partial charge in [-0.3, -0.25) is 9.78 Å². The zero-order valence-corrected chi connectivity index (χ0v) is 20.7. The maximum atomic E-state index is 13.3. The Kier molecular flexibility index (Phi) is 8.23. The quantitative estimate of drug-likeness (QED) is 0.588. The first-order chi connectivity index (χ1) is 17.0. The fraction of sp³-hybridized carbons (Fsp3) is 0.519. The van der Waals surface area contributed by atoms with Gasteiger partial charge in [0.2, 0.25) is 5.91 Å². The van der Waals surface area contributed by atoms with Crippen molar-refractivity contribution in [1.82, 2.24) is 20.1 Å². The van der Waals surface area contributed by atoms with E-state index in [0.29, 0.717) is 19.1 Å². The molecule has 2 fully saturated rings. The van der Waals surface area contributed by atoms with Crippen LogP contribution in [0.15, 0.2) is 48.8 Å². The van der Waals surface area contributed by atoms with Crippen LogP contribution in [0, 0.1) is 5.41 Å². The third-order valence-electron chi connectivity index (χ3n) is 7.33. The summed E-state index contributed by atoms with van der Waals surface area (Å²) in [5, 5.41) is 3.00. The summed E-state index contributed by atoms with van der Waals surface area (Å²) in [6.45, 7) is 6.21. The standard InChI is InChI=1S/C27H36N4O4/c1-3-35-26(33)29-24(22-6-8-23(34-2)9-7-22)10-15-30-16-11-27(12-17-30)13-18-31(25(27)32)20-21-5-4-14-28-19-21/h4-9,14,19,24H,3,10-13,15-18,20H2,1-2H3,(H,29,33). The molecular weight excluding hydrogens is 444 g/mol. The summed E-state index contributed by atoms with van der Waals surface area (Å²) in [7, 11) is 1.64. The van der Waals surface area contributed by atoms with Gasteiger partial charge in [0.1, 0.15) is 5.75 Å². The Morgan fingerprint density at radius 3 is 2.54 bits per heavy atom. The molecule has 3 heterocycles. The van der Waals surface area contributed by atoms with E-state index in [2.05, 4.69) is 15.2 Å². The first-order valence-corrected chi connectivity index (χ1v) is 12.5. The van der Waals surface area contributed by atoms with E-state index in [0.717, 1.165) is 68.7 Å². The second-order valence-corrected chi connectivity index (χ2v) is 9.44. The predicted octanol–water partition coefficient (Wildman–Crippen LogP) is 3.78. The fourth-order valence-corrected chi connectivity index (χ4v) is 5.21. The summed E-state index contributed by atoms with van der Waals surface area (Å²) in [6.07, 6.45) is 6.65. The number of nitrogens with one attached hydrogen (secondary N) is 1. The number of nitrogens with zero attached hydrogens (tertiary/aromatic N) is 3. The van der Waals surface area contributed by atoms with Crippen LogP contribution in [0.4, 0.5) is 4.79 Å². The van der Waals surface area contributed by atoms with Crippen molar-refractivity contribution >= 4 is 12.0 Å². The van der Waals surface area contributed by atoms with Crippen molar-refractivity contribution in [2.45, 2.75) is 45.2 Å². The Balaban J connectivity index is 1.31. The Hall–Kier alpha value is -3.13. The normalized spacial score (nSPS) is 18.5. The smallest absolute Gasteiger partial charge is 0.407 e. The van der Waals surface area contributed by atoms with E-state index in [9.17, 15) is 9.59 Å². The van der Waals surface area contributed by atoms with Crippen LogP contribution in [0.25, 0.3) is 0 Å². The number of rotatable bonds is 9. The predicted molar refractivity (Wildman–Crippen MR) is 133 cm³/mol. The number of hydrogen-bond donors (Lipinski definition) is 1. The van der Waals surface area contributed by atoms with Crippen molar-refractivity contribution in [3.8, 4) is 5.75 Å². The third kappa shape index (κ3) is 6.11. The molecule has 0 bridgehead atoms. The molecule has 2 amide bonds. The lowest BCUT2D eigenvalue weighted by molar-refractivity contribution is -0.138. The van der Waals surface area contributed by atoms with Gasteiger partial charge in [0.15, 0.2) is 0 Å². The molecule has 0 radical (unpaired) electrons. The molecule has 1 spiro atoms. The van der Waals surface area contributed by atoms with Crippen molar-refractivity contribution in [3.05, 3.63) is 59.9 Å². The van der Waals surface area contributed by atoms with Gasteiger partial charge in [-0.2, -0.15) is 0 Å². The second kappa shape index (κ2) is 11.5. The number of benzene rings is 1. The fourth-order valence-electron chi connectivity index (χ4n) is 5.21. The van der Waals surface area contributed by atoms with Gasteiger partial charge in [-0.15, -0.1) is 0 Å². The minimum absolute atomic E-state index is 0.154. The Bertz CT molecular complexity index is 974. The molecule has 2 aliphatic heterocycles. The summed E-state index contributed by atoms with van der Waals surface area (Å²) >= 11 is 0. The van der Waals surface area contributed by atoms with Gasteiger partial charge in [0.05, 0.1) is 25.2 Å². The minimum Gasteiger partial charge on any atom is -0.497 e. The third-order valence-corrected chi connectivity index (χ3v) is 7.33. The molecule has 35 heavy (non-hydrogen) atoms. The molecular formula is C27H36N4O4. The molecule has 2 aromatic rings. The number of carbonyl (C=O) groups is 2. The van der Waals surface area contributed by atoms with Gasteiger partial charge >= 0.3 is 6.09 Å². The summed E-state index contributed by atoms with van der Waals surface area (Å²) < 4.78 is 10.4. The lowest BCUT2D eigenvalue weighted by atomic mass is 9.77. The SMILES string of the molecule is CCOC(=O)NC(CCN1CCC2(CC1)CCN(Cc1cccnc1)C2=O)c1ccc(OC)cc1. The summed E-state index contributed by atoms with van der Waals surface area (Å²) in [5.74, 6) is 1.07. The molecule has 1 N–H and O–H groups in total. The van der Waals surface area contributed by atoms with Crippen molar-refractivity contribution in [1.29, 1.82) is 0 Å². The lowest BCUT2D eigenvalue weighted by Gasteiger charge is -2.38. The summed E-state index contributed by atoms with van der Waals surface area (Å²) in [4.78, 5) is 34.0. The lowest BCUT2D eigenvalue weighted by Crippen LogP contribution is -2.45. The highest BCUT2D eigenvalue weighted by Gasteiger charge is 2.47. The molecule has 0 saturated carbocycles. The molecule has 8 nitrogen and oxygen atoms in total. The molecule has 2 aliphatic rings. The van der Waals surface area contributed by atoms with Gasteiger partial charge in [-0.1, -0.05) is 18.2 Å². The first-order valence-electron chi connectivity index (χ1n) is 12.5. The zero-order chi connectivity index (χ0) is 24.7. The van der Waals surface area contributed by atoms with Gasteiger partial charge < -0.3 is 24.6 Å². The van der Waals surface area contributed by atoms with E-state index in [1.165, 1.54) is 0 Å². The Morgan fingerprint density at radius 1 is 1.14 bits per heavy atom. The molecule has 4 rings (SSSR count). The highest BCUT2D eigenvalue weighted by Crippen LogP contribution is 2.42. The van der Waals surface area contributed by atoms with Gasteiger partial charge in [0, 0.05) is 32.0 Å². The van der Waals surface area contributed by atoms with Gasteiger partial charge in [-0.25, -0.2) is 4.79 Å². The van der Waals surface area contributed by atoms with Gasteiger partial charge in [-0.05, 0) is 75.0 Å². The number of aromatic nitrogens is 1. The van der Waals surface area contributed by atoms with Crippen LogP contribution in [0.5, 0.6) is 5.75 Å². The van der Waals surface area contributed by atoms with Crippen LogP contribution >= 0.6 is 0 Å². The largest absolute Gasteiger partial charge is 0.497 e. The van der Waals surface area contributed by atoms with Crippen LogP contribution in [0.2, 0.25) is 0 Å². The van der Waals surface area contributed by atoms with Crippen LogP contribution in [0.3, 0.4) is 0 Å². The molecule has 1 aromatic carbocycles. The Labute approximate surface area is 207 Å². The number of pyridine rings is 1. The first kappa shape index (κ1) is 25.0. The van der Waals surface area contributed by atoms with Crippen LogP contribution in [-0.4, -0.2) is 66.7 Å². The van der Waals surface area contributed by atoms with E-state index in [4.69, 9.17) is 9.47 Å². The zero-order valence-electron chi connectivity index (χ0n) is 20.7. The average molecular weight is 481 g/mol. The minimum atomic E-state index is -0.406. The van der Waals surface area contributed by atoms with Crippen molar-refractivity contribution in [3.63, 3.8) is 0 Å². The summed E-state index contributed by atoms with van der Waals surface area (Å²) in [6, 6.07) is 11.6. The number of hydrogen-bond acceptors (Lipinski definition) is 6. The number of carbonyl (C=O) groups excluding carboxylic acids is 2. The Morgan fingerprint density at radius 2 is 1.89 bits per heavy atom. The monoisotopic (exact) mass is 480 g/mol. The van der Waals surface area contributed by atoms with Gasteiger partial charge in [0.25, 0.3) is 0 Å². The summed E-state index contributed by atoms with van der Waals surface area (Å²) in [5.41, 5.74) is 1.87. The molecule has 0 aliphatic carbocycles. The highest BCUT2D eigenvalue weighted by atomic mass is 16.5. The van der Waals surface area contributed by atoms with E-state index >= 15 is 0 Å². The maximum Gasteiger partial charge on any atom is 0.407 e. The number of piperidine rings is 1. The number of alkyl carbamates (subject to hydrolysis) is 1. The van der Waals surface area contributed by atoms with E-state index in [1.807, 2.05) is 47.5 Å². The molecule has 1 unspecified atom stereocenters.